The lowest BCUT2D eigenvalue weighted by Gasteiger charge is -2.11. The van der Waals surface area contributed by atoms with Crippen LogP contribution in [-0.2, 0) is 9.47 Å². The van der Waals surface area contributed by atoms with Gasteiger partial charge in [0.1, 0.15) is 0 Å². The first-order valence-electron chi connectivity index (χ1n) is 9.84. The van der Waals surface area contributed by atoms with Crippen molar-refractivity contribution in [3.8, 4) is 0 Å². The second-order valence-electron chi connectivity index (χ2n) is 6.73. The summed E-state index contributed by atoms with van der Waals surface area (Å²) in [5.41, 5.74) is -1.30. The molecule has 9 nitrogen and oxygen atoms in total. The number of ketones is 1. The number of carbonyl (C=O) groups is 5. The van der Waals surface area contributed by atoms with Gasteiger partial charge in [-0.25, -0.2) is 19.2 Å². The first kappa shape index (κ1) is 24.3. The average molecular weight is 442 g/mol. The zero-order valence-electron chi connectivity index (χ0n) is 17.5. The molecule has 0 saturated carbocycles. The first-order chi connectivity index (χ1) is 15.2. The molecule has 2 aromatic carbocycles. The normalized spacial score (nSPS) is 10.3. The van der Waals surface area contributed by atoms with E-state index in [-0.39, 0.29) is 46.6 Å². The third-order valence-corrected chi connectivity index (χ3v) is 4.34. The van der Waals surface area contributed by atoms with Gasteiger partial charge in [0.25, 0.3) is 0 Å². The number of carboxylic acid groups (broad SMARTS) is 2. The number of esters is 2. The molecule has 0 aliphatic rings. The number of benzene rings is 2. The Morgan fingerprint density at radius 1 is 0.656 bits per heavy atom. The highest BCUT2D eigenvalue weighted by Crippen LogP contribution is 2.20. The largest absolute Gasteiger partial charge is 0.478 e. The van der Waals surface area contributed by atoms with Crippen LogP contribution in [0.15, 0.2) is 36.4 Å². The van der Waals surface area contributed by atoms with Crippen LogP contribution in [0.1, 0.15) is 84.0 Å². The topological polar surface area (TPSA) is 144 Å². The van der Waals surface area contributed by atoms with Crippen LogP contribution in [0.2, 0.25) is 0 Å². The van der Waals surface area contributed by atoms with E-state index in [2.05, 4.69) is 0 Å². The molecule has 0 bridgehead atoms. The van der Waals surface area contributed by atoms with Crippen molar-refractivity contribution < 1.29 is 43.7 Å². The summed E-state index contributed by atoms with van der Waals surface area (Å²) in [7, 11) is 0. The average Bonchev–Trinajstić information content (AvgIpc) is 2.79. The summed E-state index contributed by atoms with van der Waals surface area (Å²) in [6.07, 6.45) is 1.05. The molecule has 0 radical (unpaired) electrons. The van der Waals surface area contributed by atoms with E-state index in [0.29, 0.717) is 12.8 Å². The zero-order valence-corrected chi connectivity index (χ0v) is 17.5. The van der Waals surface area contributed by atoms with E-state index in [1.165, 1.54) is 12.1 Å². The van der Waals surface area contributed by atoms with Crippen molar-refractivity contribution in [1.29, 1.82) is 0 Å². The maximum atomic E-state index is 13.0. The molecule has 0 atom stereocenters. The van der Waals surface area contributed by atoms with Gasteiger partial charge in [-0.05, 0) is 37.1 Å². The highest BCUT2D eigenvalue weighted by molar-refractivity contribution is 6.13. The fourth-order valence-electron chi connectivity index (χ4n) is 2.79. The minimum absolute atomic E-state index is 0.0330. The second kappa shape index (κ2) is 10.9. The van der Waals surface area contributed by atoms with Gasteiger partial charge < -0.3 is 19.7 Å². The van der Waals surface area contributed by atoms with Crippen molar-refractivity contribution in [2.24, 2.45) is 0 Å². The maximum Gasteiger partial charge on any atom is 0.339 e. The van der Waals surface area contributed by atoms with Crippen LogP contribution in [0, 0.1) is 0 Å². The third-order valence-electron chi connectivity index (χ3n) is 4.34. The van der Waals surface area contributed by atoms with Crippen molar-refractivity contribution in [1.82, 2.24) is 0 Å². The van der Waals surface area contributed by atoms with E-state index in [1.54, 1.807) is 13.8 Å². The minimum atomic E-state index is -1.36. The number of carboxylic acids is 2. The number of rotatable bonds is 10. The number of ether oxygens (including phenoxy) is 2. The molecule has 0 aliphatic carbocycles. The Kier molecular flexibility index (Phi) is 8.23. The van der Waals surface area contributed by atoms with Gasteiger partial charge in [-0.2, -0.15) is 0 Å². The van der Waals surface area contributed by atoms with E-state index in [0.717, 1.165) is 24.3 Å². The zero-order chi connectivity index (χ0) is 23.8. The van der Waals surface area contributed by atoms with Crippen LogP contribution in [-0.4, -0.2) is 53.1 Å². The maximum absolute atomic E-state index is 13.0. The molecule has 32 heavy (non-hydrogen) atoms. The number of hydrogen-bond donors (Lipinski definition) is 2. The minimum Gasteiger partial charge on any atom is -0.478 e. The van der Waals surface area contributed by atoms with Crippen molar-refractivity contribution in [2.45, 2.75) is 26.7 Å². The van der Waals surface area contributed by atoms with Gasteiger partial charge in [0.2, 0.25) is 0 Å². The second-order valence-corrected chi connectivity index (χ2v) is 6.73. The van der Waals surface area contributed by atoms with E-state index in [4.69, 9.17) is 9.47 Å². The molecule has 0 heterocycles. The highest BCUT2D eigenvalue weighted by Gasteiger charge is 2.23. The third kappa shape index (κ3) is 5.57. The summed E-state index contributed by atoms with van der Waals surface area (Å²) in [5, 5.41) is 18.7. The molecule has 0 amide bonds. The van der Waals surface area contributed by atoms with Crippen molar-refractivity contribution in [2.75, 3.05) is 13.2 Å². The molecule has 0 fully saturated rings. The lowest BCUT2D eigenvalue weighted by Crippen LogP contribution is -2.15. The summed E-state index contributed by atoms with van der Waals surface area (Å²) in [5.74, 6) is -5.14. The van der Waals surface area contributed by atoms with Gasteiger partial charge in [0.05, 0.1) is 35.5 Å². The fraction of sp³-hybridized carbons (Fsp3) is 0.261. The Morgan fingerprint density at radius 2 is 1.03 bits per heavy atom. The van der Waals surface area contributed by atoms with Gasteiger partial charge in [-0.3, -0.25) is 4.79 Å². The smallest absolute Gasteiger partial charge is 0.339 e. The van der Waals surface area contributed by atoms with Gasteiger partial charge in [-0.15, -0.1) is 0 Å². The molecule has 0 saturated heterocycles. The van der Waals surface area contributed by atoms with Crippen LogP contribution in [0.25, 0.3) is 0 Å². The Labute approximate surface area is 183 Å². The molecule has 0 aromatic heterocycles. The van der Waals surface area contributed by atoms with Crippen molar-refractivity contribution in [3.05, 3.63) is 69.8 Å². The highest BCUT2D eigenvalue weighted by atomic mass is 16.5. The van der Waals surface area contributed by atoms with Crippen LogP contribution in [0.3, 0.4) is 0 Å². The molecule has 0 aliphatic heterocycles. The van der Waals surface area contributed by atoms with Crippen LogP contribution < -0.4 is 0 Å². The molecule has 2 N–H and O–H groups in total. The van der Waals surface area contributed by atoms with E-state index < -0.39 is 29.7 Å². The Hall–Kier alpha value is -4.01. The molecule has 2 aromatic rings. The lowest BCUT2D eigenvalue weighted by atomic mass is 9.95. The van der Waals surface area contributed by atoms with Crippen LogP contribution in [0.5, 0.6) is 0 Å². The quantitative estimate of drug-likeness (QED) is 0.417. The Morgan fingerprint density at radius 3 is 1.34 bits per heavy atom. The molecular formula is C23H22O9. The summed E-state index contributed by atoms with van der Waals surface area (Å²) in [4.78, 5) is 60.5. The standard InChI is InChI=1S/C23H22O9/c1-3-9-31-22(29)17-11-13(5-7-15(17)20(25)26)19(24)14-6-8-16(21(27)28)18(12-14)23(30)32-10-4-2/h5-8,11-12H,3-4,9-10H2,1-2H3,(H,25,26)(H,27,28). The van der Waals surface area contributed by atoms with E-state index in [1.807, 2.05) is 0 Å². The molecule has 168 valence electrons. The van der Waals surface area contributed by atoms with Crippen molar-refractivity contribution >= 4 is 29.7 Å². The molecule has 0 spiro atoms. The first-order valence-corrected chi connectivity index (χ1v) is 9.84. The van der Waals surface area contributed by atoms with Gasteiger partial charge >= 0.3 is 23.9 Å². The predicted molar refractivity (Wildman–Crippen MR) is 111 cm³/mol. The molecule has 0 unspecified atom stereocenters. The van der Waals surface area contributed by atoms with E-state index in [9.17, 15) is 34.2 Å². The fourth-order valence-corrected chi connectivity index (χ4v) is 2.79. The van der Waals surface area contributed by atoms with Crippen molar-refractivity contribution in [3.63, 3.8) is 0 Å². The Balaban J connectivity index is 2.50. The number of hydrogen-bond acceptors (Lipinski definition) is 7. The summed E-state index contributed by atoms with van der Waals surface area (Å²) < 4.78 is 10.00. The van der Waals surface area contributed by atoms with E-state index >= 15 is 0 Å². The lowest BCUT2D eigenvalue weighted by molar-refractivity contribution is 0.0489. The number of carbonyl (C=O) groups excluding carboxylic acids is 3. The molecule has 9 heteroatoms. The molecular weight excluding hydrogens is 420 g/mol. The number of aromatic carboxylic acids is 2. The summed E-state index contributed by atoms with van der Waals surface area (Å²) in [6, 6.07) is 6.87. The predicted octanol–water partition coefficient (Wildman–Crippen LogP) is 3.45. The summed E-state index contributed by atoms with van der Waals surface area (Å²) >= 11 is 0. The SMILES string of the molecule is CCCOC(=O)c1cc(C(=O)c2ccc(C(=O)O)c(C(=O)OCCC)c2)ccc1C(=O)O. The van der Waals surface area contributed by atoms with Crippen LogP contribution >= 0.6 is 0 Å². The Bertz CT molecular complexity index is 986. The van der Waals surface area contributed by atoms with Gasteiger partial charge in [-0.1, -0.05) is 26.0 Å². The van der Waals surface area contributed by atoms with Crippen LogP contribution in [0.4, 0.5) is 0 Å². The van der Waals surface area contributed by atoms with Gasteiger partial charge in [0.15, 0.2) is 5.78 Å². The molecule has 2 rings (SSSR count). The monoisotopic (exact) mass is 442 g/mol. The summed E-state index contributed by atoms with van der Waals surface area (Å²) in [6.45, 7) is 3.70. The van der Waals surface area contributed by atoms with Gasteiger partial charge in [0, 0.05) is 11.1 Å².